The van der Waals surface area contributed by atoms with Crippen molar-refractivity contribution in [3.63, 3.8) is 0 Å². The van der Waals surface area contributed by atoms with Crippen LogP contribution in [0.4, 0.5) is 0 Å². The first kappa shape index (κ1) is 7.57. The first-order chi connectivity index (χ1) is 4.33. The maximum atomic E-state index is 4.19. The fraction of sp³-hybridized carbons (Fsp3) is 0.400. The van der Waals surface area contributed by atoms with Crippen molar-refractivity contribution in [3.05, 3.63) is 15.0 Å². The normalized spacial score (nSPS) is 10.0. The number of hydrogen-bond donors (Lipinski definition) is 1. The highest BCUT2D eigenvalue weighted by Crippen LogP contribution is 2.16. The van der Waals surface area contributed by atoms with E-state index in [1.165, 1.54) is 0 Å². The molecule has 0 aromatic carbocycles. The zero-order valence-corrected chi connectivity index (χ0v) is 7.97. The van der Waals surface area contributed by atoms with Gasteiger partial charge >= 0.3 is 0 Å². The molecule has 1 aromatic heterocycles. The van der Waals surface area contributed by atoms with Gasteiger partial charge in [0, 0.05) is 5.38 Å². The molecule has 0 aliphatic heterocycles. The third-order valence-corrected chi connectivity index (χ3v) is 2.53. The van der Waals surface area contributed by atoms with Gasteiger partial charge in [-0.1, -0.05) is 0 Å². The van der Waals surface area contributed by atoms with Crippen molar-refractivity contribution in [1.29, 1.82) is 0 Å². The van der Waals surface area contributed by atoms with Gasteiger partial charge in [-0.15, -0.1) is 11.3 Å². The van der Waals surface area contributed by atoms with Crippen LogP contribution in [0.5, 0.6) is 0 Å². The molecule has 1 heterocycles. The first-order valence-corrected chi connectivity index (χ1v) is 4.84. The lowest BCUT2D eigenvalue weighted by Gasteiger charge is -1.84. The summed E-state index contributed by atoms with van der Waals surface area (Å²) in [5.41, 5.74) is 1.13. The molecular formula is C5H6BrNS2. The zero-order chi connectivity index (χ0) is 6.69. The molecular weight excluding hydrogens is 218 g/mol. The van der Waals surface area contributed by atoms with Crippen molar-refractivity contribution in [3.8, 4) is 0 Å². The molecule has 0 amide bonds. The van der Waals surface area contributed by atoms with Crippen LogP contribution in [0, 0.1) is 0 Å². The average Bonchev–Trinajstić information content (AvgIpc) is 2.17. The summed E-state index contributed by atoms with van der Waals surface area (Å²) in [6, 6.07) is 0. The molecule has 0 atom stereocenters. The van der Waals surface area contributed by atoms with E-state index in [1.54, 1.807) is 11.3 Å². The van der Waals surface area contributed by atoms with Crippen molar-refractivity contribution in [2.45, 2.75) is 6.42 Å². The minimum absolute atomic E-state index is 0.871. The van der Waals surface area contributed by atoms with Crippen LogP contribution in [-0.2, 0) is 6.42 Å². The minimum Gasteiger partial charge on any atom is -0.234 e. The van der Waals surface area contributed by atoms with Crippen LogP contribution >= 0.6 is 39.9 Å². The molecule has 4 heteroatoms. The molecule has 9 heavy (non-hydrogen) atoms. The van der Waals surface area contributed by atoms with E-state index >= 15 is 0 Å². The second-order valence-electron chi connectivity index (χ2n) is 1.57. The van der Waals surface area contributed by atoms with Crippen LogP contribution in [0.2, 0.25) is 0 Å². The molecule has 0 unspecified atom stereocenters. The van der Waals surface area contributed by atoms with Crippen molar-refractivity contribution in [2.75, 3.05) is 5.75 Å². The van der Waals surface area contributed by atoms with Crippen LogP contribution in [0.15, 0.2) is 9.30 Å². The maximum absolute atomic E-state index is 4.19. The van der Waals surface area contributed by atoms with Crippen LogP contribution in [0.1, 0.15) is 5.69 Å². The summed E-state index contributed by atoms with van der Waals surface area (Å²) in [5.74, 6) is 0.871. The summed E-state index contributed by atoms with van der Waals surface area (Å²) < 4.78 is 0.958. The first-order valence-electron chi connectivity index (χ1n) is 2.53. The van der Waals surface area contributed by atoms with Gasteiger partial charge < -0.3 is 0 Å². The highest BCUT2D eigenvalue weighted by atomic mass is 79.9. The Labute approximate surface area is 72.0 Å². The lowest BCUT2D eigenvalue weighted by Crippen LogP contribution is -1.83. The predicted molar refractivity (Wildman–Crippen MR) is 47.4 cm³/mol. The van der Waals surface area contributed by atoms with E-state index in [2.05, 4.69) is 33.5 Å². The molecule has 0 aliphatic carbocycles. The fourth-order valence-electron chi connectivity index (χ4n) is 0.512. The number of hydrogen-bond acceptors (Lipinski definition) is 3. The van der Waals surface area contributed by atoms with Crippen molar-refractivity contribution < 1.29 is 0 Å². The van der Waals surface area contributed by atoms with Gasteiger partial charge in [-0.25, -0.2) is 4.98 Å². The van der Waals surface area contributed by atoms with Gasteiger partial charge in [0.25, 0.3) is 0 Å². The number of thiazole rings is 1. The smallest absolute Gasteiger partial charge is 0.159 e. The third-order valence-electron chi connectivity index (χ3n) is 0.892. The van der Waals surface area contributed by atoms with Crippen LogP contribution in [-0.4, -0.2) is 10.7 Å². The molecule has 50 valence electrons. The summed E-state index contributed by atoms with van der Waals surface area (Å²) in [7, 11) is 0. The standard InChI is InChI=1S/C5H6BrNS2/c6-5-7-4(1-2-8)3-9-5/h3,8H,1-2H2. The summed E-state index contributed by atoms with van der Waals surface area (Å²) in [6.07, 6.45) is 0.964. The Bertz CT molecular complexity index is 187. The lowest BCUT2D eigenvalue weighted by atomic mass is 10.4. The van der Waals surface area contributed by atoms with Gasteiger partial charge in [0.05, 0.1) is 5.69 Å². The molecule has 0 spiro atoms. The van der Waals surface area contributed by atoms with Gasteiger partial charge in [-0.2, -0.15) is 12.6 Å². The molecule has 1 nitrogen and oxygen atoms in total. The number of nitrogens with zero attached hydrogens (tertiary/aromatic N) is 1. The zero-order valence-electron chi connectivity index (χ0n) is 4.67. The Balaban J connectivity index is 2.61. The topological polar surface area (TPSA) is 12.9 Å². The van der Waals surface area contributed by atoms with E-state index in [0.717, 1.165) is 21.8 Å². The SMILES string of the molecule is SCCc1csc(Br)n1. The van der Waals surface area contributed by atoms with Gasteiger partial charge in [-0.3, -0.25) is 0 Å². The van der Waals surface area contributed by atoms with Gasteiger partial charge in [0.1, 0.15) is 0 Å². The monoisotopic (exact) mass is 223 g/mol. The summed E-state index contributed by atoms with van der Waals surface area (Å²) in [6.45, 7) is 0. The number of rotatable bonds is 2. The quantitative estimate of drug-likeness (QED) is 0.761. The van der Waals surface area contributed by atoms with E-state index in [4.69, 9.17) is 0 Å². The predicted octanol–water partition coefficient (Wildman–Crippen LogP) is 2.38. The molecule has 1 aromatic rings. The number of aromatic nitrogens is 1. The average molecular weight is 224 g/mol. The highest BCUT2D eigenvalue weighted by Gasteiger charge is 1.95. The van der Waals surface area contributed by atoms with Gasteiger partial charge in [0.15, 0.2) is 3.92 Å². The Morgan fingerprint density at radius 1 is 1.78 bits per heavy atom. The van der Waals surface area contributed by atoms with E-state index < -0.39 is 0 Å². The van der Waals surface area contributed by atoms with Crippen molar-refractivity contribution in [1.82, 2.24) is 4.98 Å². The Kier molecular flexibility index (Phi) is 3.01. The van der Waals surface area contributed by atoms with E-state index in [0.29, 0.717) is 0 Å². The van der Waals surface area contributed by atoms with Gasteiger partial charge in [-0.05, 0) is 28.1 Å². The molecule has 0 fully saturated rings. The van der Waals surface area contributed by atoms with E-state index in [9.17, 15) is 0 Å². The Hall–Kier alpha value is 0.460. The number of halogens is 1. The number of aryl methyl sites for hydroxylation is 1. The molecule has 0 saturated heterocycles. The highest BCUT2D eigenvalue weighted by molar-refractivity contribution is 9.11. The van der Waals surface area contributed by atoms with Crippen molar-refractivity contribution in [2.24, 2.45) is 0 Å². The van der Waals surface area contributed by atoms with Crippen LogP contribution < -0.4 is 0 Å². The molecule has 0 bridgehead atoms. The van der Waals surface area contributed by atoms with E-state index in [1.807, 2.05) is 5.38 Å². The molecule has 0 radical (unpaired) electrons. The van der Waals surface area contributed by atoms with Gasteiger partial charge in [0.2, 0.25) is 0 Å². The summed E-state index contributed by atoms with van der Waals surface area (Å²) in [4.78, 5) is 4.19. The van der Waals surface area contributed by atoms with Crippen LogP contribution in [0.25, 0.3) is 0 Å². The minimum atomic E-state index is 0.871. The van der Waals surface area contributed by atoms with Crippen LogP contribution in [0.3, 0.4) is 0 Å². The Morgan fingerprint density at radius 3 is 3.00 bits per heavy atom. The molecule has 0 saturated carbocycles. The second kappa shape index (κ2) is 3.58. The largest absolute Gasteiger partial charge is 0.234 e. The Morgan fingerprint density at radius 2 is 2.56 bits per heavy atom. The molecule has 0 aliphatic rings. The van der Waals surface area contributed by atoms with Crippen molar-refractivity contribution >= 4 is 39.9 Å². The number of thiol groups is 1. The fourth-order valence-corrected chi connectivity index (χ4v) is 1.82. The molecule has 1 rings (SSSR count). The summed E-state index contributed by atoms with van der Waals surface area (Å²) in [5, 5.41) is 2.04. The third kappa shape index (κ3) is 2.27. The molecule has 0 N–H and O–H groups in total. The maximum Gasteiger partial charge on any atom is 0.159 e. The summed E-state index contributed by atoms with van der Waals surface area (Å²) >= 11 is 8.99. The second-order valence-corrected chi connectivity index (χ2v) is 4.15. The lowest BCUT2D eigenvalue weighted by molar-refractivity contribution is 1.07. The van der Waals surface area contributed by atoms with E-state index in [-0.39, 0.29) is 0 Å².